The molecule has 19 heavy (non-hydrogen) atoms. The third kappa shape index (κ3) is 3.93. The normalized spacial score (nSPS) is 10.3. The van der Waals surface area contributed by atoms with Crippen LogP contribution in [-0.2, 0) is 11.4 Å². The van der Waals surface area contributed by atoms with Gasteiger partial charge in [0.05, 0.1) is 17.8 Å². The first-order valence-corrected chi connectivity index (χ1v) is 5.68. The van der Waals surface area contributed by atoms with E-state index in [1.807, 2.05) is 6.07 Å². The second-order valence-corrected chi connectivity index (χ2v) is 3.87. The summed E-state index contributed by atoms with van der Waals surface area (Å²) in [4.78, 5) is 5.10. The fraction of sp³-hybridized carbons (Fsp3) is 0.0667. The summed E-state index contributed by atoms with van der Waals surface area (Å²) < 4.78 is 12.9. The maximum Gasteiger partial charge on any atom is 0.142 e. The first-order valence-electron chi connectivity index (χ1n) is 5.68. The number of nitriles is 1. The molecule has 2 rings (SSSR count). The number of hydrogen-bond acceptors (Lipinski definition) is 3. The number of benzene rings is 2. The Morgan fingerprint density at radius 2 is 2.00 bits per heavy atom. The van der Waals surface area contributed by atoms with E-state index >= 15 is 0 Å². The van der Waals surface area contributed by atoms with Crippen molar-refractivity contribution >= 4 is 6.21 Å². The maximum atomic E-state index is 12.9. The monoisotopic (exact) mass is 254 g/mol. The van der Waals surface area contributed by atoms with E-state index in [2.05, 4.69) is 5.16 Å². The second-order valence-electron chi connectivity index (χ2n) is 3.87. The van der Waals surface area contributed by atoms with Crippen molar-refractivity contribution in [3.8, 4) is 6.07 Å². The molecule has 2 aromatic carbocycles. The van der Waals surface area contributed by atoms with E-state index in [1.165, 1.54) is 18.3 Å². The van der Waals surface area contributed by atoms with Crippen LogP contribution in [0.2, 0.25) is 0 Å². The summed E-state index contributed by atoms with van der Waals surface area (Å²) in [5.41, 5.74) is 2.15. The molecule has 0 atom stereocenters. The topological polar surface area (TPSA) is 45.4 Å². The van der Waals surface area contributed by atoms with Crippen LogP contribution >= 0.6 is 0 Å². The Morgan fingerprint density at radius 3 is 2.68 bits per heavy atom. The highest BCUT2D eigenvalue weighted by Gasteiger charge is 1.94. The molecule has 3 nitrogen and oxygen atoms in total. The quantitative estimate of drug-likeness (QED) is 0.621. The minimum atomic E-state index is -0.309. The lowest BCUT2D eigenvalue weighted by Crippen LogP contribution is -1.89. The van der Waals surface area contributed by atoms with Gasteiger partial charge in [0.1, 0.15) is 12.4 Å². The Bertz CT molecular complexity index is 615. The largest absolute Gasteiger partial charge is 0.391 e. The molecule has 0 spiro atoms. The Labute approximate surface area is 110 Å². The molecule has 4 heteroatoms. The molecule has 0 fully saturated rings. The van der Waals surface area contributed by atoms with Gasteiger partial charge in [0.25, 0.3) is 0 Å². The zero-order valence-corrected chi connectivity index (χ0v) is 10.1. The predicted molar refractivity (Wildman–Crippen MR) is 69.9 cm³/mol. The van der Waals surface area contributed by atoms with Crippen molar-refractivity contribution in [1.82, 2.24) is 0 Å². The average Bonchev–Trinajstić information content (AvgIpc) is 2.44. The van der Waals surface area contributed by atoms with Crippen molar-refractivity contribution in [2.75, 3.05) is 0 Å². The van der Waals surface area contributed by atoms with Gasteiger partial charge in [0.15, 0.2) is 0 Å². The molecule has 0 N–H and O–H groups in total. The highest BCUT2D eigenvalue weighted by atomic mass is 19.1. The molecule has 0 aliphatic carbocycles. The minimum Gasteiger partial charge on any atom is -0.391 e. The van der Waals surface area contributed by atoms with Gasteiger partial charge in [-0.25, -0.2) is 4.39 Å². The Hall–Kier alpha value is -2.67. The average molecular weight is 254 g/mol. The summed E-state index contributed by atoms with van der Waals surface area (Å²) >= 11 is 0. The zero-order chi connectivity index (χ0) is 13.5. The summed E-state index contributed by atoms with van der Waals surface area (Å²) in [5.74, 6) is -0.309. The highest BCUT2D eigenvalue weighted by molar-refractivity contribution is 5.78. The third-order valence-electron chi connectivity index (χ3n) is 2.44. The van der Waals surface area contributed by atoms with Crippen LogP contribution in [0.15, 0.2) is 53.7 Å². The predicted octanol–water partition coefficient (Wildman–Crippen LogP) is 3.25. The summed E-state index contributed by atoms with van der Waals surface area (Å²) in [7, 11) is 0. The number of oxime groups is 1. The number of halogens is 1. The van der Waals surface area contributed by atoms with Crippen molar-refractivity contribution in [3.05, 3.63) is 71.0 Å². The molecule has 0 aliphatic rings. The lowest BCUT2D eigenvalue weighted by Gasteiger charge is -1.99. The van der Waals surface area contributed by atoms with Gasteiger partial charge in [0.2, 0.25) is 0 Å². The van der Waals surface area contributed by atoms with E-state index < -0.39 is 0 Å². The van der Waals surface area contributed by atoms with Crippen molar-refractivity contribution in [2.45, 2.75) is 6.61 Å². The van der Waals surface area contributed by atoms with Crippen LogP contribution in [0, 0.1) is 17.1 Å². The first-order chi connectivity index (χ1) is 9.28. The molecule has 0 aliphatic heterocycles. The lowest BCUT2D eigenvalue weighted by molar-refractivity contribution is 0.132. The maximum absolute atomic E-state index is 12.9. The first kappa shape index (κ1) is 12.8. The zero-order valence-electron chi connectivity index (χ0n) is 10.1. The Morgan fingerprint density at radius 1 is 1.21 bits per heavy atom. The van der Waals surface area contributed by atoms with Crippen molar-refractivity contribution < 1.29 is 9.23 Å². The van der Waals surface area contributed by atoms with Crippen LogP contribution in [0.4, 0.5) is 4.39 Å². The van der Waals surface area contributed by atoms with E-state index in [0.29, 0.717) is 17.7 Å². The molecule has 0 amide bonds. The van der Waals surface area contributed by atoms with Gasteiger partial charge in [-0.1, -0.05) is 29.4 Å². The number of rotatable bonds is 4. The molecule has 0 heterocycles. The molecule has 0 unspecified atom stereocenters. The Balaban J connectivity index is 1.87. The highest BCUT2D eigenvalue weighted by Crippen LogP contribution is 2.05. The summed E-state index contributed by atoms with van der Waals surface area (Å²) in [6.07, 6.45) is 1.45. The van der Waals surface area contributed by atoms with Crippen molar-refractivity contribution in [2.24, 2.45) is 5.16 Å². The second kappa shape index (κ2) is 6.31. The molecule has 0 saturated carbocycles. The van der Waals surface area contributed by atoms with Crippen LogP contribution in [0.5, 0.6) is 0 Å². The minimum absolute atomic E-state index is 0.303. The van der Waals surface area contributed by atoms with Gasteiger partial charge in [-0.15, -0.1) is 0 Å². The van der Waals surface area contributed by atoms with Gasteiger partial charge in [-0.3, -0.25) is 0 Å². The third-order valence-corrected chi connectivity index (χ3v) is 2.44. The summed E-state index contributed by atoms with van der Waals surface area (Å²) in [6, 6.07) is 15.2. The molecule has 0 radical (unpaired) electrons. The SMILES string of the molecule is N#Cc1ccc(CON=Cc2cccc(F)c2)cc1. The smallest absolute Gasteiger partial charge is 0.142 e. The van der Waals surface area contributed by atoms with E-state index in [0.717, 1.165) is 5.56 Å². The molecular formula is C15H11FN2O. The molecule has 0 saturated heterocycles. The molecule has 0 aromatic heterocycles. The van der Waals surface area contributed by atoms with E-state index in [-0.39, 0.29) is 5.82 Å². The fourth-order valence-electron chi connectivity index (χ4n) is 1.47. The molecule has 2 aromatic rings. The fourth-order valence-corrected chi connectivity index (χ4v) is 1.47. The van der Waals surface area contributed by atoms with Crippen LogP contribution in [0.25, 0.3) is 0 Å². The van der Waals surface area contributed by atoms with Crippen LogP contribution < -0.4 is 0 Å². The van der Waals surface area contributed by atoms with Gasteiger partial charge < -0.3 is 4.84 Å². The number of nitrogens with zero attached hydrogens (tertiary/aromatic N) is 2. The summed E-state index contributed by atoms with van der Waals surface area (Å²) in [6.45, 7) is 0.303. The molecule has 94 valence electrons. The Kier molecular flexibility index (Phi) is 4.25. The van der Waals surface area contributed by atoms with Crippen LogP contribution in [0.3, 0.4) is 0 Å². The van der Waals surface area contributed by atoms with Crippen molar-refractivity contribution in [3.63, 3.8) is 0 Å². The van der Waals surface area contributed by atoms with Crippen LogP contribution in [-0.4, -0.2) is 6.21 Å². The van der Waals surface area contributed by atoms with Gasteiger partial charge >= 0.3 is 0 Å². The van der Waals surface area contributed by atoms with E-state index in [9.17, 15) is 4.39 Å². The van der Waals surface area contributed by atoms with E-state index in [4.69, 9.17) is 10.1 Å². The van der Waals surface area contributed by atoms with Gasteiger partial charge in [-0.2, -0.15) is 5.26 Å². The molecular weight excluding hydrogens is 243 g/mol. The van der Waals surface area contributed by atoms with E-state index in [1.54, 1.807) is 36.4 Å². The standard InChI is InChI=1S/C15H11FN2O/c16-15-3-1-2-14(8-15)10-18-19-11-13-6-4-12(9-17)5-7-13/h1-8,10H,11H2. The number of hydrogen-bond donors (Lipinski definition) is 0. The van der Waals surface area contributed by atoms with Gasteiger partial charge in [0, 0.05) is 0 Å². The summed E-state index contributed by atoms with van der Waals surface area (Å²) in [5, 5.41) is 12.4. The van der Waals surface area contributed by atoms with Gasteiger partial charge in [-0.05, 0) is 35.4 Å². The molecule has 0 bridgehead atoms. The lowest BCUT2D eigenvalue weighted by atomic mass is 10.2. The van der Waals surface area contributed by atoms with Crippen LogP contribution in [0.1, 0.15) is 16.7 Å². The van der Waals surface area contributed by atoms with Crippen molar-refractivity contribution in [1.29, 1.82) is 5.26 Å².